The molecule has 0 amide bonds. The van der Waals surface area contributed by atoms with Gasteiger partial charge in [-0.3, -0.25) is 0 Å². The van der Waals surface area contributed by atoms with E-state index in [4.69, 9.17) is 10.5 Å². The number of methoxy groups -OCH3 is 1. The predicted octanol–water partition coefficient (Wildman–Crippen LogP) is -1.09. The second-order valence-electron chi connectivity index (χ2n) is 2.81. The van der Waals surface area contributed by atoms with Gasteiger partial charge in [-0.25, -0.2) is 13.1 Å². The van der Waals surface area contributed by atoms with Gasteiger partial charge in [-0.2, -0.15) is 4.98 Å². The maximum atomic E-state index is 10.9. The van der Waals surface area contributed by atoms with Crippen LogP contribution in [-0.2, 0) is 16.4 Å². The van der Waals surface area contributed by atoms with Gasteiger partial charge in [-0.15, -0.1) is 5.10 Å². The van der Waals surface area contributed by atoms with E-state index in [-0.39, 0.29) is 24.3 Å². The zero-order valence-corrected chi connectivity index (χ0v) is 8.78. The number of ether oxygens (including phenoxy) is 1. The average Bonchev–Trinajstić information content (AvgIpc) is 2.42. The van der Waals surface area contributed by atoms with Crippen molar-refractivity contribution in [3.05, 3.63) is 0 Å². The molecule has 8 heteroatoms. The highest BCUT2D eigenvalue weighted by Gasteiger charge is 2.09. The van der Waals surface area contributed by atoms with E-state index in [0.29, 0.717) is 0 Å². The summed E-state index contributed by atoms with van der Waals surface area (Å²) >= 11 is 0. The maximum Gasteiger partial charge on any atom is 0.337 e. The molecule has 0 spiro atoms. The molecule has 1 aromatic rings. The van der Waals surface area contributed by atoms with E-state index in [1.807, 2.05) is 0 Å². The molecule has 7 nitrogen and oxygen atoms in total. The van der Waals surface area contributed by atoms with Crippen molar-refractivity contribution in [3.8, 4) is 6.01 Å². The summed E-state index contributed by atoms with van der Waals surface area (Å²) < 4.78 is 27.7. The first-order valence-corrected chi connectivity index (χ1v) is 5.90. The molecule has 0 bridgehead atoms. The molecule has 0 atom stereocenters. The Morgan fingerprint density at radius 2 is 2.21 bits per heavy atom. The third-order valence-corrected chi connectivity index (χ3v) is 2.46. The number of hydrogen-bond acceptors (Lipinski definition) is 6. The smallest absolute Gasteiger partial charge is 0.337 e. The van der Waals surface area contributed by atoms with Crippen LogP contribution in [0.2, 0.25) is 0 Å². The van der Waals surface area contributed by atoms with Crippen LogP contribution in [0.15, 0.2) is 0 Å². The van der Waals surface area contributed by atoms with Crippen LogP contribution in [0.5, 0.6) is 6.01 Å². The SMILES string of the molecule is COc1nc(N)n(CCS(C)(=O)=O)n1. The summed E-state index contributed by atoms with van der Waals surface area (Å²) in [5.41, 5.74) is 5.46. The van der Waals surface area contributed by atoms with Gasteiger partial charge < -0.3 is 10.5 Å². The summed E-state index contributed by atoms with van der Waals surface area (Å²) in [5.74, 6) is 0.120. The summed E-state index contributed by atoms with van der Waals surface area (Å²) in [7, 11) is -1.61. The van der Waals surface area contributed by atoms with Crippen LogP contribution in [0.3, 0.4) is 0 Å². The lowest BCUT2D eigenvalue weighted by Gasteiger charge is -1.99. The summed E-state index contributed by atoms with van der Waals surface area (Å²) in [5, 5.41) is 3.83. The Bertz CT molecular complexity index is 411. The zero-order chi connectivity index (χ0) is 10.8. The lowest BCUT2D eigenvalue weighted by atomic mass is 10.7. The molecule has 1 aromatic heterocycles. The molecule has 0 aliphatic heterocycles. The minimum atomic E-state index is -3.02. The molecule has 1 heterocycles. The first kappa shape index (κ1) is 10.8. The van der Waals surface area contributed by atoms with Crippen molar-refractivity contribution in [3.63, 3.8) is 0 Å². The number of hydrogen-bond donors (Lipinski definition) is 1. The topological polar surface area (TPSA) is 100 Å². The van der Waals surface area contributed by atoms with Gasteiger partial charge in [-0.05, 0) is 0 Å². The van der Waals surface area contributed by atoms with Crippen molar-refractivity contribution in [2.45, 2.75) is 6.54 Å². The Kier molecular flexibility index (Phi) is 2.94. The highest BCUT2D eigenvalue weighted by atomic mass is 32.2. The van der Waals surface area contributed by atoms with Crippen LogP contribution in [-0.4, -0.2) is 42.3 Å². The molecular weight excluding hydrogens is 208 g/mol. The quantitative estimate of drug-likeness (QED) is 0.692. The number of aryl methyl sites for hydroxylation is 1. The molecule has 0 aliphatic carbocycles. The molecule has 14 heavy (non-hydrogen) atoms. The van der Waals surface area contributed by atoms with E-state index in [1.165, 1.54) is 11.8 Å². The van der Waals surface area contributed by atoms with Crippen molar-refractivity contribution in [2.75, 3.05) is 24.9 Å². The Balaban J connectivity index is 2.72. The van der Waals surface area contributed by atoms with E-state index in [9.17, 15) is 8.42 Å². The lowest BCUT2D eigenvalue weighted by molar-refractivity contribution is 0.376. The predicted molar refractivity (Wildman–Crippen MR) is 50.7 cm³/mol. The minimum absolute atomic E-state index is 0.0241. The Morgan fingerprint density at radius 3 is 2.64 bits per heavy atom. The number of rotatable bonds is 4. The highest BCUT2D eigenvalue weighted by molar-refractivity contribution is 7.90. The lowest BCUT2D eigenvalue weighted by Crippen LogP contribution is -2.14. The Labute approximate surface area is 81.8 Å². The third kappa shape index (κ3) is 2.87. The van der Waals surface area contributed by atoms with E-state index in [0.717, 1.165) is 6.26 Å². The van der Waals surface area contributed by atoms with Crippen molar-refractivity contribution in [1.29, 1.82) is 0 Å². The zero-order valence-electron chi connectivity index (χ0n) is 7.97. The molecule has 1 rings (SSSR count). The number of nitrogens with two attached hydrogens (primary N) is 1. The Hall–Kier alpha value is -1.31. The van der Waals surface area contributed by atoms with Gasteiger partial charge in [0.15, 0.2) is 0 Å². The molecule has 0 aromatic carbocycles. The van der Waals surface area contributed by atoms with E-state index in [1.54, 1.807) is 0 Å². The van der Waals surface area contributed by atoms with Gasteiger partial charge >= 0.3 is 6.01 Å². The molecule has 2 N–H and O–H groups in total. The van der Waals surface area contributed by atoms with Crippen LogP contribution < -0.4 is 10.5 Å². The van der Waals surface area contributed by atoms with Crippen LogP contribution in [0.25, 0.3) is 0 Å². The summed E-state index contributed by atoms with van der Waals surface area (Å²) in [6, 6.07) is 0.135. The summed E-state index contributed by atoms with van der Waals surface area (Å²) in [4.78, 5) is 3.74. The minimum Gasteiger partial charge on any atom is -0.466 e. The summed E-state index contributed by atoms with van der Waals surface area (Å²) in [6.07, 6.45) is 1.15. The molecule has 80 valence electrons. The van der Waals surface area contributed by atoms with Gasteiger partial charge in [0, 0.05) is 6.26 Å². The largest absolute Gasteiger partial charge is 0.466 e. The number of anilines is 1. The molecular formula is C6H12N4O3S. The Morgan fingerprint density at radius 1 is 1.57 bits per heavy atom. The number of sulfone groups is 1. The van der Waals surface area contributed by atoms with Gasteiger partial charge in [0.05, 0.1) is 19.4 Å². The van der Waals surface area contributed by atoms with Gasteiger partial charge in [-0.1, -0.05) is 0 Å². The van der Waals surface area contributed by atoms with Crippen molar-refractivity contribution in [1.82, 2.24) is 14.8 Å². The molecule has 0 fully saturated rings. The number of nitrogens with zero attached hydrogens (tertiary/aromatic N) is 3. The van der Waals surface area contributed by atoms with Crippen LogP contribution in [0, 0.1) is 0 Å². The third-order valence-electron chi connectivity index (χ3n) is 1.54. The van der Waals surface area contributed by atoms with E-state index in [2.05, 4.69) is 10.1 Å². The first-order valence-electron chi connectivity index (χ1n) is 3.84. The normalized spacial score (nSPS) is 11.6. The fourth-order valence-electron chi connectivity index (χ4n) is 0.836. The number of aromatic nitrogens is 3. The van der Waals surface area contributed by atoms with Crippen molar-refractivity contribution < 1.29 is 13.2 Å². The fourth-order valence-corrected chi connectivity index (χ4v) is 1.34. The summed E-state index contributed by atoms with van der Waals surface area (Å²) in [6.45, 7) is 0.182. The van der Waals surface area contributed by atoms with E-state index < -0.39 is 9.84 Å². The van der Waals surface area contributed by atoms with Gasteiger partial charge in [0.2, 0.25) is 5.95 Å². The monoisotopic (exact) mass is 220 g/mol. The molecule has 0 aliphatic rings. The maximum absolute atomic E-state index is 10.9. The fraction of sp³-hybridized carbons (Fsp3) is 0.667. The first-order chi connectivity index (χ1) is 6.42. The van der Waals surface area contributed by atoms with Crippen molar-refractivity contribution in [2.24, 2.45) is 0 Å². The van der Waals surface area contributed by atoms with Crippen molar-refractivity contribution >= 4 is 15.8 Å². The van der Waals surface area contributed by atoms with Gasteiger partial charge in [0.25, 0.3) is 0 Å². The molecule has 0 saturated heterocycles. The second kappa shape index (κ2) is 3.82. The highest BCUT2D eigenvalue weighted by Crippen LogP contribution is 2.06. The van der Waals surface area contributed by atoms with E-state index >= 15 is 0 Å². The number of nitrogen functional groups attached to an aromatic ring is 1. The van der Waals surface area contributed by atoms with Crippen LogP contribution >= 0.6 is 0 Å². The van der Waals surface area contributed by atoms with Crippen LogP contribution in [0.4, 0.5) is 5.95 Å². The molecule has 0 radical (unpaired) electrons. The second-order valence-corrected chi connectivity index (χ2v) is 5.07. The van der Waals surface area contributed by atoms with Gasteiger partial charge in [0.1, 0.15) is 9.84 Å². The molecule has 0 saturated carbocycles. The van der Waals surface area contributed by atoms with Crippen LogP contribution in [0.1, 0.15) is 0 Å². The standard InChI is InChI=1S/C6H12N4O3S/c1-13-6-8-5(7)10(9-6)3-4-14(2,11)12/h3-4H2,1-2H3,(H2,7,8,9). The molecule has 0 unspecified atom stereocenters. The average molecular weight is 220 g/mol.